The Hall–Kier alpha value is -6.65. The number of pyridine rings is 2. The van der Waals surface area contributed by atoms with Gasteiger partial charge in [-0.15, -0.1) is 0 Å². The van der Waals surface area contributed by atoms with Gasteiger partial charge in [0.05, 0.1) is 35.2 Å². The van der Waals surface area contributed by atoms with E-state index in [0.29, 0.717) is 87.1 Å². The molecular weight excluding hydrogens is 855 g/mol. The number of piperidine rings is 2. The Kier molecular flexibility index (Phi) is 12.3. The minimum absolute atomic E-state index is 0.00419. The lowest BCUT2D eigenvalue weighted by atomic mass is 9.87. The van der Waals surface area contributed by atoms with Crippen molar-refractivity contribution < 1.29 is 41.5 Å². The van der Waals surface area contributed by atoms with E-state index in [9.17, 15) is 32.7 Å². The zero-order valence-corrected chi connectivity index (χ0v) is 35.8. The van der Waals surface area contributed by atoms with Crippen LogP contribution in [0.5, 0.6) is 0 Å². The fraction of sp³-hybridized carbons (Fsp3) is 0.381. The maximum Gasteiger partial charge on any atom is 0.301 e. The number of amides is 3. The number of imide groups is 1. The van der Waals surface area contributed by atoms with Crippen LogP contribution < -0.4 is 25.2 Å². The highest BCUT2D eigenvalue weighted by Crippen LogP contribution is 2.32. The van der Waals surface area contributed by atoms with Crippen LogP contribution >= 0.6 is 0 Å². The number of carbonyl (C=O) groups is 4. The molecule has 3 aliphatic heterocycles. The van der Waals surface area contributed by atoms with Crippen LogP contribution in [-0.2, 0) is 24.6 Å². The number of halogens is 2. The van der Waals surface area contributed by atoms with Crippen molar-refractivity contribution in [2.24, 2.45) is 0 Å². The predicted molar refractivity (Wildman–Crippen MR) is 232 cm³/mol. The second-order valence-electron chi connectivity index (χ2n) is 16.0. The quantitative estimate of drug-likeness (QED) is 0.0845. The molecule has 5 N–H and O–H groups in total. The van der Waals surface area contributed by atoms with E-state index in [4.69, 9.17) is 0 Å². The number of anilines is 4. The first-order valence-corrected chi connectivity index (χ1v) is 22.2. The van der Waals surface area contributed by atoms with Crippen LogP contribution in [-0.4, -0.2) is 136 Å². The van der Waals surface area contributed by atoms with Gasteiger partial charge in [0.15, 0.2) is 5.82 Å². The zero-order valence-electron chi connectivity index (χ0n) is 35.0. The van der Waals surface area contributed by atoms with Crippen molar-refractivity contribution in [1.29, 1.82) is 0 Å². The topological polar surface area (TPSA) is 239 Å². The van der Waals surface area contributed by atoms with Crippen LogP contribution in [0.2, 0.25) is 0 Å². The number of rotatable bonds is 13. The fourth-order valence-corrected chi connectivity index (χ4v) is 8.84. The van der Waals surface area contributed by atoms with E-state index in [2.05, 4.69) is 40.3 Å². The first kappa shape index (κ1) is 44.0. The predicted octanol–water partition coefficient (Wildman–Crippen LogP) is 2.82. The molecule has 0 spiro atoms. The lowest BCUT2D eigenvalue weighted by molar-refractivity contribution is -0.138. The van der Waals surface area contributed by atoms with E-state index in [0.717, 1.165) is 16.4 Å². The smallest absolute Gasteiger partial charge is 0.301 e. The summed E-state index contributed by atoms with van der Waals surface area (Å²) >= 11 is 0. The Morgan fingerprint density at radius 3 is 2.33 bits per heavy atom. The van der Waals surface area contributed by atoms with Crippen LogP contribution in [0.3, 0.4) is 0 Å². The number of piperazine rings is 1. The molecule has 3 saturated heterocycles. The number of nitrogens with zero attached hydrogens (tertiary/aromatic N) is 8. The van der Waals surface area contributed by atoms with Crippen molar-refractivity contribution in [2.45, 2.75) is 50.7 Å². The Balaban J connectivity index is 0.846. The van der Waals surface area contributed by atoms with Gasteiger partial charge in [-0.2, -0.15) is 12.7 Å². The molecule has 1 atom stereocenters. The van der Waals surface area contributed by atoms with Gasteiger partial charge in [-0.05, 0) is 49.6 Å². The van der Waals surface area contributed by atoms with Gasteiger partial charge in [0, 0.05) is 106 Å². The van der Waals surface area contributed by atoms with E-state index in [1.54, 1.807) is 36.5 Å². The second-order valence-corrected chi connectivity index (χ2v) is 17.8. The molecule has 1 aromatic carbocycles. The molecule has 3 aliphatic rings. The first-order valence-electron chi connectivity index (χ1n) is 20.7. The van der Waals surface area contributed by atoms with Gasteiger partial charge in [-0.1, -0.05) is 6.92 Å². The van der Waals surface area contributed by atoms with Gasteiger partial charge in [0.1, 0.15) is 23.3 Å². The summed E-state index contributed by atoms with van der Waals surface area (Å²) in [6.07, 6.45) is 9.07. The van der Waals surface area contributed by atoms with Gasteiger partial charge in [-0.3, -0.25) is 29.2 Å². The van der Waals surface area contributed by atoms with E-state index < -0.39 is 50.5 Å². The lowest BCUT2D eigenvalue weighted by Crippen LogP contribution is -2.52. The summed E-state index contributed by atoms with van der Waals surface area (Å²) in [5.41, 5.74) is -0.753. The molecule has 5 aromatic rings. The van der Waals surface area contributed by atoms with Crippen LogP contribution in [0, 0.1) is 11.6 Å². The molecule has 3 fully saturated rings. The molecule has 19 nitrogen and oxygen atoms in total. The molecule has 336 valence electrons. The molecule has 8 rings (SSSR count). The number of nitrogens with one attached hydrogen (secondary N) is 4. The Bertz CT molecular complexity index is 2710. The van der Waals surface area contributed by atoms with Crippen LogP contribution in [0.25, 0.3) is 22.2 Å². The monoisotopic (exact) mass is 900 g/mol. The number of benzene rings is 1. The molecular formula is C42H46F2N12O7S. The number of aliphatic hydroxyl groups is 1. The first-order chi connectivity index (χ1) is 30.6. The van der Waals surface area contributed by atoms with Gasteiger partial charge in [0.25, 0.3) is 0 Å². The van der Waals surface area contributed by atoms with Gasteiger partial charge in [-0.25, -0.2) is 28.7 Å². The number of aromatic nitrogens is 5. The Morgan fingerprint density at radius 2 is 1.66 bits per heavy atom. The van der Waals surface area contributed by atoms with E-state index in [-0.39, 0.29) is 53.7 Å². The molecule has 0 bridgehead atoms. The summed E-state index contributed by atoms with van der Waals surface area (Å²) in [7, 11) is -2.88. The third-order valence-electron chi connectivity index (χ3n) is 11.9. The minimum Gasteiger partial charge on any atom is -0.389 e. The summed E-state index contributed by atoms with van der Waals surface area (Å²) in [4.78, 5) is 77.2. The van der Waals surface area contributed by atoms with Crippen molar-refractivity contribution in [3.05, 3.63) is 84.1 Å². The highest BCUT2D eigenvalue weighted by atomic mass is 32.2. The number of ketones is 1. The summed E-state index contributed by atoms with van der Waals surface area (Å²) in [5.74, 6) is -3.17. The average Bonchev–Trinajstić information content (AvgIpc) is 3.72. The summed E-state index contributed by atoms with van der Waals surface area (Å²) < 4.78 is 58.7. The number of hydrogen-bond donors (Lipinski definition) is 5. The molecule has 7 heterocycles. The second kappa shape index (κ2) is 17.8. The molecule has 3 amide bonds. The van der Waals surface area contributed by atoms with Crippen molar-refractivity contribution in [3.63, 3.8) is 0 Å². The maximum absolute atomic E-state index is 15.6. The molecule has 0 radical (unpaired) electrons. The molecule has 1 unspecified atom stereocenters. The molecule has 4 aromatic heterocycles. The summed E-state index contributed by atoms with van der Waals surface area (Å²) in [6.45, 7) is 4.43. The van der Waals surface area contributed by atoms with Gasteiger partial charge in [0.2, 0.25) is 29.5 Å². The molecule has 0 saturated carbocycles. The highest BCUT2D eigenvalue weighted by molar-refractivity contribution is 7.90. The van der Waals surface area contributed by atoms with Gasteiger partial charge >= 0.3 is 10.2 Å². The van der Waals surface area contributed by atoms with Crippen molar-refractivity contribution in [3.8, 4) is 11.1 Å². The third kappa shape index (κ3) is 9.19. The number of carbonyl (C=O) groups excluding carboxylic acids is 4. The minimum atomic E-state index is -4.16. The Labute approximate surface area is 366 Å². The van der Waals surface area contributed by atoms with Crippen molar-refractivity contribution in [2.75, 3.05) is 72.7 Å². The number of aromatic amines is 1. The molecule has 0 aliphatic carbocycles. The Morgan fingerprint density at radius 1 is 0.938 bits per heavy atom. The third-order valence-corrected chi connectivity index (χ3v) is 13.5. The van der Waals surface area contributed by atoms with Gasteiger partial charge < -0.3 is 30.1 Å². The van der Waals surface area contributed by atoms with Crippen molar-refractivity contribution >= 4 is 67.9 Å². The number of hydrogen-bond acceptors (Lipinski definition) is 14. The van der Waals surface area contributed by atoms with Crippen LogP contribution in [0.1, 0.15) is 54.9 Å². The molecule has 22 heteroatoms. The SMILES string of the molecule is CCN(C)S(=O)(=O)Nc1ccc(F)c(C(=O)c2c[nH]c3ncc(-c4cnc(N5CCN(C(=O)CC6(O)CCN(c7ccc(NC8CCC(=O)NC8=O)cn7)CC6)CC5)nc4)cc23)c1F. The summed E-state index contributed by atoms with van der Waals surface area (Å²) in [6, 6.07) is 6.49. The normalized spacial score (nSPS) is 18.0. The van der Waals surface area contributed by atoms with Crippen LogP contribution in [0.4, 0.5) is 31.9 Å². The maximum atomic E-state index is 15.6. The van der Waals surface area contributed by atoms with E-state index >= 15 is 8.78 Å². The van der Waals surface area contributed by atoms with Crippen LogP contribution in [0.15, 0.2) is 61.3 Å². The largest absolute Gasteiger partial charge is 0.389 e. The van der Waals surface area contributed by atoms with E-state index in [1.807, 2.05) is 21.9 Å². The zero-order chi connectivity index (χ0) is 45.3. The lowest BCUT2D eigenvalue weighted by Gasteiger charge is -2.40. The standard InChI is InChI=1S/C42H46F2N12O7S/c1-3-53(2)64(62,63)52-31-6-5-30(43)36(37(31)44)38(59)29-24-47-39-28(29)18-25(20-46-39)26-21-48-41(49-22-26)56-16-14-55(15-17-56)35(58)19-42(61)10-12-54(13-11-42)33-8-4-27(23-45-33)50-32-7-9-34(57)51-40(32)60/h4-6,8,18,20-24,32,50,52,61H,3,7,9-17,19H2,1-2H3,(H,46,47)(H,51,57,60). The highest BCUT2D eigenvalue weighted by Gasteiger charge is 2.37. The number of fused-ring (bicyclic) bond motifs is 1. The average molecular weight is 901 g/mol. The van der Waals surface area contributed by atoms with E-state index in [1.165, 1.54) is 19.4 Å². The summed E-state index contributed by atoms with van der Waals surface area (Å²) in [5, 5.41) is 17.1. The number of H-pyrrole nitrogens is 1. The fourth-order valence-electron chi connectivity index (χ4n) is 7.91. The van der Waals surface area contributed by atoms with Crippen molar-refractivity contribution in [1.82, 2.24) is 39.4 Å². The molecule has 64 heavy (non-hydrogen) atoms.